The van der Waals surface area contributed by atoms with Gasteiger partial charge in [0, 0.05) is 18.6 Å². The van der Waals surface area contributed by atoms with Gasteiger partial charge in [0.05, 0.1) is 16.8 Å². The molecule has 2 atom stereocenters. The van der Waals surface area contributed by atoms with Crippen LogP contribution in [0, 0.1) is 12.8 Å². The van der Waals surface area contributed by atoms with Gasteiger partial charge in [-0.05, 0) is 31.9 Å². The number of anilines is 1. The number of ether oxygens (including phenoxy) is 1. The Labute approximate surface area is 111 Å². The van der Waals surface area contributed by atoms with E-state index in [2.05, 4.69) is 37.4 Å². The van der Waals surface area contributed by atoms with Crippen molar-refractivity contribution in [1.82, 2.24) is 4.98 Å². The zero-order valence-electron chi connectivity index (χ0n) is 10.8. The van der Waals surface area contributed by atoms with Gasteiger partial charge in [0.1, 0.15) is 0 Å². The van der Waals surface area contributed by atoms with Crippen LogP contribution < -0.4 is 5.32 Å². The highest BCUT2D eigenvalue weighted by molar-refractivity contribution is 7.22. The van der Waals surface area contributed by atoms with Crippen LogP contribution in [0.5, 0.6) is 0 Å². The lowest BCUT2D eigenvalue weighted by Gasteiger charge is -2.18. The summed E-state index contributed by atoms with van der Waals surface area (Å²) in [6.07, 6.45) is 1.15. The topological polar surface area (TPSA) is 34.1 Å². The molecular weight excluding hydrogens is 244 g/mol. The molecule has 3 nitrogen and oxygen atoms in total. The summed E-state index contributed by atoms with van der Waals surface area (Å²) >= 11 is 1.74. The molecule has 1 aromatic carbocycles. The number of para-hydroxylation sites is 1. The van der Waals surface area contributed by atoms with Gasteiger partial charge < -0.3 is 10.1 Å². The molecule has 2 heterocycles. The average molecular weight is 262 g/mol. The summed E-state index contributed by atoms with van der Waals surface area (Å²) in [7, 11) is 0. The highest BCUT2D eigenvalue weighted by atomic mass is 32.1. The summed E-state index contributed by atoms with van der Waals surface area (Å²) in [5, 5.41) is 4.55. The normalized spacial score (nSPS) is 21.3. The lowest BCUT2D eigenvalue weighted by atomic mass is 10.0. The Balaban J connectivity index is 1.80. The van der Waals surface area contributed by atoms with E-state index in [1.54, 1.807) is 11.3 Å². The molecule has 1 aromatic heterocycles. The molecular formula is C14H18N2OS. The van der Waals surface area contributed by atoms with Crippen molar-refractivity contribution in [3.63, 3.8) is 0 Å². The second-order valence-corrected chi connectivity index (χ2v) is 6.03. The van der Waals surface area contributed by atoms with Crippen molar-refractivity contribution in [2.45, 2.75) is 26.3 Å². The zero-order valence-corrected chi connectivity index (χ0v) is 11.6. The molecule has 1 aliphatic rings. The van der Waals surface area contributed by atoms with Crippen LogP contribution in [0.15, 0.2) is 18.2 Å². The molecule has 0 aliphatic carbocycles. The van der Waals surface area contributed by atoms with Gasteiger partial charge >= 0.3 is 0 Å². The molecule has 0 saturated carbocycles. The highest BCUT2D eigenvalue weighted by Gasteiger charge is 2.22. The molecule has 0 spiro atoms. The van der Waals surface area contributed by atoms with E-state index >= 15 is 0 Å². The van der Waals surface area contributed by atoms with E-state index in [1.165, 1.54) is 10.3 Å². The molecule has 1 aliphatic heterocycles. The second kappa shape index (κ2) is 4.86. The van der Waals surface area contributed by atoms with Crippen molar-refractivity contribution >= 4 is 26.7 Å². The Bertz CT molecular complexity index is 546. The third-order valence-electron chi connectivity index (χ3n) is 3.64. The van der Waals surface area contributed by atoms with Crippen LogP contribution in [0.4, 0.5) is 5.13 Å². The predicted molar refractivity (Wildman–Crippen MR) is 76.4 cm³/mol. The van der Waals surface area contributed by atoms with E-state index in [0.29, 0.717) is 12.0 Å². The number of nitrogens with zero attached hydrogens (tertiary/aromatic N) is 1. The maximum atomic E-state index is 5.44. The van der Waals surface area contributed by atoms with Gasteiger partial charge in [-0.2, -0.15) is 0 Å². The molecule has 1 saturated heterocycles. The monoisotopic (exact) mass is 262 g/mol. The molecule has 4 heteroatoms. The number of benzene rings is 1. The van der Waals surface area contributed by atoms with Gasteiger partial charge in [-0.1, -0.05) is 23.5 Å². The number of nitrogens with one attached hydrogen (secondary N) is 1. The fraction of sp³-hybridized carbons (Fsp3) is 0.500. The summed E-state index contributed by atoms with van der Waals surface area (Å²) in [5.41, 5.74) is 2.37. The molecule has 96 valence electrons. The molecule has 2 unspecified atom stereocenters. The standard InChI is InChI=1S/C14H18N2OS/c1-9-4-3-5-12-13(9)16-14(18-12)15-10(2)11-6-7-17-8-11/h3-5,10-11H,6-8H2,1-2H3,(H,15,16). The summed E-state index contributed by atoms with van der Waals surface area (Å²) in [6.45, 7) is 6.10. The van der Waals surface area contributed by atoms with Crippen LogP contribution in [0.2, 0.25) is 0 Å². The number of rotatable bonds is 3. The summed E-state index contributed by atoms with van der Waals surface area (Å²) < 4.78 is 6.69. The smallest absolute Gasteiger partial charge is 0.184 e. The predicted octanol–water partition coefficient (Wildman–Crippen LogP) is 3.44. The van der Waals surface area contributed by atoms with Gasteiger partial charge in [0.25, 0.3) is 0 Å². The Morgan fingerprint density at radius 1 is 1.50 bits per heavy atom. The van der Waals surface area contributed by atoms with Gasteiger partial charge in [0.15, 0.2) is 5.13 Å². The number of thiazole rings is 1. The summed E-state index contributed by atoms with van der Waals surface area (Å²) in [5.74, 6) is 0.609. The van der Waals surface area contributed by atoms with Crippen molar-refractivity contribution in [1.29, 1.82) is 0 Å². The first kappa shape index (κ1) is 11.9. The SMILES string of the molecule is Cc1cccc2sc(NC(C)C3CCOC3)nc12. The average Bonchev–Trinajstić information content (AvgIpc) is 2.97. The van der Waals surface area contributed by atoms with E-state index in [-0.39, 0.29) is 0 Å². The Kier molecular flexibility index (Phi) is 3.22. The van der Waals surface area contributed by atoms with Crippen molar-refractivity contribution in [2.24, 2.45) is 5.92 Å². The van der Waals surface area contributed by atoms with Crippen molar-refractivity contribution in [3.05, 3.63) is 23.8 Å². The Hall–Kier alpha value is -1.13. The van der Waals surface area contributed by atoms with Crippen LogP contribution in [0.25, 0.3) is 10.2 Å². The van der Waals surface area contributed by atoms with Gasteiger partial charge in [-0.15, -0.1) is 0 Å². The number of aromatic nitrogens is 1. The number of hydrogen-bond donors (Lipinski definition) is 1. The maximum absolute atomic E-state index is 5.44. The molecule has 0 amide bonds. The summed E-state index contributed by atoms with van der Waals surface area (Å²) in [4.78, 5) is 4.69. The molecule has 18 heavy (non-hydrogen) atoms. The fourth-order valence-corrected chi connectivity index (χ4v) is 3.45. The molecule has 1 fully saturated rings. The Morgan fingerprint density at radius 2 is 2.39 bits per heavy atom. The maximum Gasteiger partial charge on any atom is 0.184 e. The third kappa shape index (κ3) is 2.22. The first-order valence-corrected chi connectivity index (χ1v) is 7.26. The second-order valence-electron chi connectivity index (χ2n) is 5.00. The molecule has 0 bridgehead atoms. The van der Waals surface area contributed by atoms with Crippen molar-refractivity contribution < 1.29 is 4.74 Å². The van der Waals surface area contributed by atoms with E-state index in [4.69, 9.17) is 9.72 Å². The molecule has 3 rings (SSSR count). The Morgan fingerprint density at radius 3 is 3.11 bits per heavy atom. The van der Waals surface area contributed by atoms with Crippen LogP contribution in [0.3, 0.4) is 0 Å². The molecule has 1 N–H and O–H groups in total. The number of hydrogen-bond acceptors (Lipinski definition) is 4. The minimum atomic E-state index is 0.424. The molecule has 0 radical (unpaired) electrons. The highest BCUT2D eigenvalue weighted by Crippen LogP contribution is 2.29. The van der Waals surface area contributed by atoms with Gasteiger partial charge in [0.2, 0.25) is 0 Å². The molecule has 2 aromatic rings. The largest absolute Gasteiger partial charge is 0.381 e. The minimum Gasteiger partial charge on any atom is -0.381 e. The third-order valence-corrected chi connectivity index (χ3v) is 4.60. The lowest BCUT2D eigenvalue weighted by molar-refractivity contribution is 0.183. The summed E-state index contributed by atoms with van der Waals surface area (Å²) in [6, 6.07) is 6.76. The van der Waals surface area contributed by atoms with E-state index in [0.717, 1.165) is 30.3 Å². The fourth-order valence-electron chi connectivity index (χ4n) is 2.41. The first-order valence-electron chi connectivity index (χ1n) is 6.44. The van der Waals surface area contributed by atoms with Crippen LogP contribution in [-0.4, -0.2) is 24.2 Å². The van der Waals surface area contributed by atoms with Crippen LogP contribution in [-0.2, 0) is 4.74 Å². The zero-order chi connectivity index (χ0) is 12.5. The first-order chi connectivity index (χ1) is 8.74. The van der Waals surface area contributed by atoms with Crippen molar-refractivity contribution in [3.8, 4) is 0 Å². The minimum absolute atomic E-state index is 0.424. The lowest BCUT2D eigenvalue weighted by Crippen LogP contribution is -2.25. The van der Waals surface area contributed by atoms with Crippen LogP contribution >= 0.6 is 11.3 Å². The number of aryl methyl sites for hydroxylation is 1. The quantitative estimate of drug-likeness (QED) is 0.920. The van der Waals surface area contributed by atoms with Crippen molar-refractivity contribution in [2.75, 3.05) is 18.5 Å². The van der Waals surface area contributed by atoms with Gasteiger partial charge in [-0.3, -0.25) is 0 Å². The number of fused-ring (bicyclic) bond motifs is 1. The van der Waals surface area contributed by atoms with Gasteiger partial charge in [-0.25, -0.2) is 4.98 Å². The van der Waals surface area contributed by atoms with E-state index < -0.39 is 0 Å². The van der Waals surface area contributed by atoms with Crippen LogP contribution in [0.1, 0.15) is 18.9 Å². The van der Waals surface area contributed by atoms with E-state index in [1.807, 2.05) is 0 Å². The van der Waals surface area contributed by atoms with E-state index in [9.17, 15) is 0 Å².